The number of aryl methyl sites for hydroxylation is 1. The summed E-state index contributed by atoms with van der Waals surface area (Å²) in [6, 6.07) is 1.98. The SMILES string of the molecule is Cn1c(C2CCCNC2)nc2ccncc21. The van der Waals surface area contributed by atoms with Gasteiger partial charge in [-0.05, 0) is 25.5 Å². The molecule has 84 valence electrons. The first-order chi connectivity index (χ1) is 7.86. The number of rotatable bonds is 1. The van der Waals surface area contributed by atoms with Crippen LogP contribution >= 0.6 is 0 Å². The fourth-order valence-electron chi connectivity index (χ4n) is 2.49. The molecular formula is C12H16N4. The molecule has 4 heteroatoms. The van der Waals surface area contributed by atoms with E-state index < -0.39 is 0 Å². The Morgan fingerprint density at radius 1 is 1.50 bits per heavy atom. The number of fused-ring (bicyclic) bond motifs is 1. The van der Waals surface area contributed by atoms with Crippen LogP contribution in [0.4, 0.5) is 0 Å². The van der Waals surface area contributed by atoms with Gasteiger partial charge in [0.2, 0.25) is 0 Å². The van der Waals surface area contributed by atoms with Gasteiger partial charge in [0.1, 0.15) is 5.82 Å². The van der Waals surface area contributed by atoms with Crippen molar-refractivity contribution in [1.29, 1.82) is 0 Å². The van der Waals surface area contributed by atoms with Crippen molar-refractivity contribution in [2.75, 3.05) is 13.1 Å². The molecule has 0 radical (unpaired) electrons. The Labute approximate surface area is 94.7 Å². The highest BCUT2D eigenvalue weighted by Gasteiger charge is 2.20. The monoisotopic (exact) mass is 216 g/mol. The van der Waals surface area contributed by atoms with Gasteiger partial charge in [-0.2, -0.15) is 0 Å². The van der Waals surface area contributed by atoms with Crippen molar-refractivity contribution < 1.29 is 0 Å². The fourth-order valence-corrected chi connectivity index (χ4v) is 2.49. The van der Waals surface area contributed by atoms with Crippen LogP contribution in [0, 0.1) is 0 Å². The smallest absolute Gasteiger partial charge is 0.114 e. The van der Waals surface area contributed by atoms with Crippen molar-refractivity contribution in [3.05, 3.63) is 24.3 Å². The summed E-state index contributed by atoms with van der Waals surface area (Å²) in [5, 5.41) is 3.44. The highest BCUT2D eigenvalue weighted by atomic mass is 15.1. The summed E-state index contributed by atoms with van der Waals surface area (Å²) >= 11 is 0. The van der Waals surface area contributed by atoms with Crippen LogP contribution in [-0.2, 0) is 7.05 Å². The molecule has 1 unspecified atom stereocenters. The molecule has 0 bridgehead atoms. The molecule has 2 aromatic heterocycles. The summed E-state index contributed by atoms with van der Waals surface area (Å²) in [6.45, 7) is 2.19. The van der Waals surface area contributed by atoms with Crippen molar-refractivity contribution in [2.24, 2.45) is 7.05 Å². The molecule has 1 N–H and O–H groups in total. The second-order valence-electron chi connectivity index (χ2n) is 4.44. The quantitative estimate of drug-likeness (QED) is 0.784. The second-order valence-corrected chi connectivity index (χ2v) is 4.44. The van der Waals surface area contributed by atoms with Crippen LogP contribution in [0.2, 0.25) is 0 Å². The first-order valence-electron chi connectivity index (χ1n) is 5.83. The molecule has 1 saturated heterocycles. The lowest BCUT2D eigenvalue weighted by Crippen LogP contribution is -2.29. The highest BCUT2D eigenvalue weighted by molar-refractivity contribution is 5.74. The Morgan fingerprint density at radius 2 is 2.44 bits per heavy atom. The van der Waals surface area contributed by atoms with Crippen LogP contribution < -0.4 is 5.32 Å². The Morgan fingerprint density at radius 3 is 3.19 bits per heavy atom. The Hall–Kier alpha value is -1.42. The van der Waals surface area contributed by atoms with Crippen LogP contribution in [0.15, 0.2) is 18.5 Å². The number of pyridine rings is 1. The third-order valence-corrected chi connectivity index (χ3v) is 3.38. The van der Waals surface area contributed by atoms with Crippen LogP contribution in [0.5, 0.6) is 0 Å². The Balaban J connectivity index is 2.05. The lowest BCUT2D eigenvalue weighted by atomic mass is 9.99. The maximum atomic E-state index is 4.72. The minimum absolute atomic E-state index is 0.547. The molecule has 0 amide bonds. The fraction of sp³-hybridized carbons (Fsp3) is 0.500. The van der Waals surface area contributed by atoms with Crippen molar-refractivity contribution in [3.63, 3.8) is 0 Å². The summed E-state index contributed by atoms with van der Waals surface area (Å²) < 4.78 is 2.18. The van der Waals surface area contributed by atoms with Crippen LogP contribution in [0.3, 0.4) is 0 Å². The van der Waals surface area contributed by atoms with Crippen molar-refractivity contribution in [2.45, 2.75) is 18.8 Å². The van der Waals surface area contributed by atoms with Crippen molar-refractivity contribution in [3.8, 4) is 0 Å². The summed E-state index contributed by atoms with van der Waals surface area (Å²) in [5.74, 6) is 1.74. The Kier molecular flexibility index (Phi) is 2.36. The summed E-state index contributed by atoms with van der Waals surface area (Å²) in [4.78, 5) is 8.87. The highest BCUT2D eigenvalue weighted by Crippen LogP contribution is 2.25. The van der Waals surface area contributed by atoms with Gasteiger partial charge in [0.05, 0.1) is 17.2 Å². The van der Waals surface area contributed by atoms with E-state index in [4.69, 9.17) is 4.98 Å². The zero-order chi connectivity index (χ0) is 11.0. The minimum atomic E-state index is 0.547. The lowest BCUT2D eigenvalue weighted by molar-refractivity contribution is 0.440. The van der Waals surface area contributed by atoms with Gasteiger partial charge in [-0.15, -0.1) is 0 Å². The third-order valence-electron chi connectivity index (χ3n) is 3.38. The number of nitrogens with one attached hydrogen (secondary N) is 1. The van der Waals surface area contributed by atoms with Gasteiger partial charge in [-0.25, -0.2) is 4.98 Å². The first-order valence-corrected chi connectivity index (χ1v) is 5.83. The van der Waals surface area contributed by atoms with Gasteiger partial charge < -0.3 is 9.88 Å². The van der Waals surface area contributed by atoms with Crippen LogP contribution in [0.1, 0.15) is 24.6 Å². The number of hydrogen-bond acceptors (Lipinski definition) is 3. The maximum Gasteiger partial charge on any atom is 0.114 e. The number of hydrogen-bond donors (Lipinski definition) is 1. The van der Waals surface area contributed by atoms with E-state index in [1.807, 2.05) is 12.3 Å². The molecule has 2 aromatic rings. The summed E-state index contributed by atoms with van der Waals surface area (Å²) in [5.41, 5.74) is 2.18. The summed E-state index contributed by atoms with van der Waals surface area (Å²) in [6.07, 6.45) is 6.17. The van der Waals surface area contributed by atoms with Crippen molar-refractivity contribution in [1.82, 2.24) is 19.9 Å². The van der Waals surface area contributed by atoms with E-state index in [0.717, 1.165) is 24.1 Å². The van der Waals surface area contributed by atoms with E-state index in [-0.39, 0.29) is 0 Å². The van der Waals surface area contributed by atoms with Crippen LogP contribution in [-0.4, -0.2) is 27.6 Å². The predicted octanol–water partition coefficient (Wildman–Crippen LogP) is 1.44. The molecule has 4 nitrogen and oxygen atoms in total. The average Bonchev–Trinajstić information content (AvgIpc) is 2.69. The molecule has 0 aliphatic carbocycles. The molecule has 16 heavy (non-hydrogen) atoms. The average molecular weight is 216 g/mol. The number of nitrogens with zero attached hydrogens (tertiary/aromatic N) is 3. The number of piperidine rings is 1. The number of imidazole rings is 1. The molecule has 1 aliphatic heterocycles. The number of aromatic nitrogens is 3. The van der Waals surface area contributed by atoms with Gasteiger partial charge in [0, 0.05) is 25.7 Å². The standard InChI is InChI=1S/C12H16N4/c1-16-11-8-14-6-4-10(11)15-12(16)9-3-2-5-13-7-9/h4,6,8-9,13H,2-3,5,7H2,1H3. The van der Waals surface area contributed by atoms with Gasteiger partial charge in [-0.3, -0.25) is 4.98 Å². The molecule has 0 aromatic carbocycles. The molecule has 3 heterocycles. The van der Waals surface area contributed by atoms with Gasteiger partial charge in [0.25, 0.3) is 0 Å². The molecule has 0 saturated carbocycles. The van der Waals surface area contributed by atoms with E-state index in [1.54, 1.807) is 6.20 Å². The molecule has 1 atom stereocenters. The zero-order valence-corrected chi connectivity index (χ0v) is 9.48. The second kappa shape index (κ2) is 3.87. The minimum Gasteiger partial charge on any atom is -0.330 e. The van der Waals surface area contributed by atoms with Gasteiger partial charge in [-0.1, -0.05) is 0 Å². The summed E-state index contributed by atoms with van der Waals surface area (Å²) in [7, 11) is 2.08. The van der Waals surface area contributed by atoms with Gasteiger partial charge in [0.15, 0.2) is 0 Å². The molecular weight excluding hydrogens is 200 g/mol. The molecule has 1 fully saturated rings. The predicted molar refractivity (Wildman–Crippen MR) is 63.4 cm³/mol. The van der Waals surface area contributed by atoms with E-state index in [1.165, 1.54) is 18.7 Å². The van der Waals surface area contributed by atoms with E-state index in [0.29, 0.717) is 5.92 Å². The zero-order valence-electron chi connectivity index (χ0n) is 9.48. The van der Waals surface area contributed by atoms with Gasteiger partial charge >= 0.3 is 0 Å². The van der Waals surface area contributed by atoms with E-state index in [9.17, 15) is 0 Å². The molecule has 3 rings (SSSR count). The van der Waals surface area contributed by atoms with E-state index >= 15 is 0 Å². The normalized spacial score (nSPS) is 21.4. The topological polar surface area (TPSA) is 42.7 Å². The van der Waals surface area contributed by atoms with Crippen LogP contribution in [0.25, 0.3) is 11.0 Å². The lowest BCUT2D eigenvalue weighted by Gasteiger charge is -2.22. The Bertz CT molecular complexity index is 497. The first kappa shape index (κ1) is 9.78. The largest absolute Gasteiger partial charge is 0.330 e. The third kappa shape index (κ3) is 1.50. The molecule has 1 aliphatic rings. The van der Waals surface area contributed by atoms with Crippen molar-refractivity contribution >= 4 is 11.0 Å². The maximum absolute atomic E-state index is 4.72. The molecule has 0 spiro atoms. The van der Waals surface area contributed by atoms with E-state index in [2.05, 4.69) is 21.9 Å².